The van der Waals surface area contributed by atoms with Gasteiger partial charge in [-0.2, -0.15) is 0 Å². The number of rotatable bonds is 3. The molecule has 3 nitrogen and oxygen atoms in total. The smallest absolute Gasteiger partial charge is 0.0931 e. The van der Waals surface area contributed by atoms with Crippen molar-refractivity contribution in [3.63, 3.8) is 0 Å². The molecule has 0 aliphatic carbocycles. The molecule has 0 bridgehead atoms. The minimum atomic E-state index is -0.612. The van der Waals surface area contributed by atoms with Gasteiger partial charge in [0.1, 0.15) is 0 Å². The minimum Gasteiger partial charge on any atom is -0.387 e. The van der Waals surface area contributed by atoms with Crippen LogP contribution in [0.15, 0.2) is 18.2 Å². The number of morpholine rings is 1. The van der Waals surface area contributed by atoms with Gasteiger partial charge in [0.2, 0.25) is 0 Å². The predicted octanol–water partition coefficient (Wildman–Crippen LogP) is 2.36. The van der Waals surface area contributed by atoms with Crippen LogP contribution in [-0.2, 0) is 4.74 Å². The van der Waals surface area contributed by atoms with E-state index in [1.54, 1.807) is 18.2 Å². The van der Waals surface area contributed by atoms with Gasteiger partial charge >= 0.3 is 0 Å². The Labute approximate surface area is 111 Å². The van der Waals surface area contributed by atoms with Crippen molar-refractivity contribution >= 4 is 23.2 Å². The van der Waals surface area contributed by atoms with Crippen LogP contribution in [0, 0.1) is 0 Å². The first-order valence-electron chi connectivity index (χ1n) is 5.60. The molecule has 5 heteroatoms. The number of benzene rings is 1. The van der Waals surface area contributed by atoms with E-state index in [2.05, 4.69) is 4.90 Å². The summed E-state index contributed by atoms with van der Waals surface area (Å²) >= 11 is 11.9. The van der Waals surface area contributed by atoms with Crippen molar-refractivity contribution in [1.82, 2.24) is 4.90 Å². The van der Waals surface area contributed by atoms with Gasteiger partial charge in [0.15, 0.2) is 0 Å². The highest BCUT2D eigenvalue weighted by atomic mass is 35.5. The number of aliphatic hydroxyl groups excluding tert-OH is 1. The summed E-state index contributed by atoms with van der Waals surface area (Å²) in [6.45, 7) is 3.68. The first-order chi connectivity index (χ1) is 8.16. The summed E-state index contributed by atoms with van der Waals surface area (Å²) < 4.78 is 5.26. The number of halogens is 2. The van der Waals surface area contributed by atoms with Crippen molar-refractivity contribution in [2.75, 3.05) is 32.8 Å². The molecular formula is C12H15Cl2NO2. The summed E-state index contributed by atoms with van der Waals surface area (Å²) in [6.07, 6.45) is -0.612. The molecule has 1 heterocycles. The van der Waals surface area contributed by atoms with Crippen LogP contribution in [0.2, 0.25) is 10.0 Å². The topological polar surface area (TPSA) is 32.7 Å². The Balaban J connectivity index is 2.02. The van der Waals surface area contributed by atoms with Gasteiger partial charge in [-0.05, 0) is 18.2 Å². The minimum absolute atomic E-state index is 0.551. The molecule has 1 saturated heterocycles. The molecule has 0 amide bonds. The van der Waals surface area contributed by atoms with Crippen molar-refractivity contribution in [3.8, 4) is 0 Å². The van der Waals surface area contributed by atoms with E-state index >= 15 is 0 Å². The molecule has 1 aromatic rings. The van der Waals surface area contributed by atoms with Gasteiger partial charge in [-0.3, -0.25) is 4.90 Å². The van der Waals surface area contributed by atoms with E-state index in [1.807, 2.05) is 0 Å². The van der Waals surface area contributed by atoms with Crippen LogP contribution in [0.25, 0.3) is 0 Å². The molecule has 94 valence electrons. The molecule has 1 fully saturated rings. The summed E-state index contributed by atoms with van der Waals surface area (Å²) in [5, 5.41) is 11.3. The summed E-state index contributed by atoms with van der Waals surface area (Å²) in [5.74, 6) is 0. The zero-order chi connectivity index (χ0) is 12.3. The second kappa shape index (κ2) is 6.03. The van der Waals surface area contributed by atoms with E-state index in [-0.39, 0.29) is 0 Å². The lowest BCUT2D eigenvalue weighted by Gasteiger charge is -2.28. The van der Waals surface area contributed by atoms with Crippen LogP contribution in [0.3, 0.4) is 0 Å². The molecule has 1 atom stereocenters. The largest absolute Gasteiger partial charge is 0.387 e. The molecule has 1 unspecified atom stereocenters. The molecule has 1 aliphatic heterocycles. The van der Waals surface area contributed by atoms with Crippen LogP contribution in [0.5, 0.6) is 0 Å². The standard InChI is InChI=1S/C12H15Cl2NO2/c13-9-1-2-11(14)10(7-9)12(16)8-15-3-5-17-6-4-15/h1-2,7,12,16H,3-6,8H2. The van der Waals surface area contributed by atoms with Crippen molar-refractivity contribution < 1.29 is 9.84 Å². The Kier molecular flexibility index (Phi) is 4.65. The van der Waals surface area contributed by atoms with Crippen LogP contribution in [0.1, 0.15) is 11.7 Å². The average Bonchev–Trinajstić information content (AvgIpc) is 2.33. The lowest BCUT2D eigenvalue weighted by Crippen LogP contribution is -2.38. The third-order valence-corrected chi connectivity index (χ3v) is 3.43. The second-order valence-electron chi connectivity index (χ2n) is 4.09. The van der Waals surface area contributed by atoms with E-state index < -0.39 is 6.10 Å². The fraction of sp³-hybridized carbons (Fsp3) is 0.500. The molecule has 17 heavy (non-hydrogen) atoms. The van der Waals surface area contributed by atoms with Gasteiger partial charge in [0, 0.05) is 35.2 Å². The third-order valence-electron chi connectivity index (χ3n) is 2.85. The Morgan fingerprint density at radius 3 is 2.71 bits per heavy atom. The van der Waals surface area contributed by atoms with Crippen molar-refractivity contribution in [1.29, 1.82) is 0 Å². The molecule has 0 saturated carbocycles. The van der Waals surface area contributed by atoms with Gasteiger partial charge in [-0.15, -0.1) is 0 Å². The molecule has 0 aromatic heterocycles. The second-order valence-corrected chi connectivity index (χ2v) is 4.94. The summed E-state index contributed by atoms with van der Waals surface area (Å²) in [7, 11) is 0. The Morgan fingerprint density at radius 2 is 2.00 bits per heavy atom. The maximum absolute atomic E-state index is 10.2. The van der Waals surface area contributed by atoms with Crippen LogP contribution in [0.4, 0.5) is 0 Å². The van der Waals surface area contributed by atoms with Crippen LogP contribution < -0.4 is 0 Å². The number of hydrogen-bond acceptors (Lipinski definition) is 3. The first kappa shape index (κ1) is 13.1. The molecule has 0 radical (unpaired) electrons. The number of hydrogen-bond donors (Lipinski definition) is 1. The van der Waals surface area contributed by atoms with Crippen molar-refractivity contribution in [2.24, 2.45) is 0 Å². The fourth-order valence-electron chi connectivity index (χ4n) is 1.90. The van der Waals surface area contributed by atoms with Crippen LogP contribution in [-0.4, -0.2) is 42.9 Å². The van der Waals surface area contributed by atoms with Gasteiger partial charge in [-0.25, -0.2) is 0 Å². The van der Waals surface area contributed by atoms with E-state index in [1.165, 1.54) is 0 Å². The Morgan fingerprint density at radius 1 is 1.29 bits per heavy atom. The molecule has 1 aromatic carbocycles. The summed E-state index contributed by atoms with van der Waals surface area (Å²) in [4.78, 5) is 2.16. The molecule has 1 N–H and O–H groups in total. The normalized spacial score (nSPS) is 19.2. The molecule has 1 aliphatic rings. The van der Waals surface area contributed by atoms with Gasteiger partial charge in [0.05, 0.1) is 19.3 Å². The highest BCUT2D eigenvalue weighted by Gasteiger charge is 2.18. The highest BCUT2D eigenvalue weighted by Crippen LogP contribution is 2.27. The van der Waals surface area contributed by atoms with Crippen molar-refractivity contribution in [2.45, 2.75) is 6.10 Å². The quantitative estimate of drug-likeness (QED) is 0.920. The predicted molar refractivity (Wildman–Crippen MR) is 68.7 cm³/mol. The third kappa shape index (κ3) is 3.57. The number of β-amino-alcohol motifs (C(OH)–C–C–N with tert-alkyl or cyclic N) is 1. The van der Waals surface area contributed by atoms with E-state index in [0.29, 0.717) is 22.2 Å². The summed E-state index contributed by atoms with van der Waals surface area (Å²) in [5.41, 5.74) is 0.686. The SMILES string of the molecule is OC(CN1CCOCC1)c1cc(Cl)ccc1Cl. The first-order valence-corrected chi connectivity index (χ1v) is 6.35. The van der Waals surface area contributed by atoms with Gasteiger partial charge in [0.25, 0.3) is 0 Å². The zero-order valence-electron chi connectivity index (χ0n) is 9.40. The summed E-state index contributed by atoms with van der Waals surface area (Å²) in [6, 6.07) is 5.14. The zero-order valence-corrected chi connectivity index (χ0v) is 10.9. The maximum Gasteiger partial charge on any atom is 0.0931 e. The number of nitrogens with zero attached hydrogens (tertiary/aromatic N) is 1. The van der Waals surface area contributed by atoms with E-state index in [9.17, 15) is 5.11 Å². The monoisotopic (exact) mass is 275 g/mol. The lowest BCUT2D eigenvalue weighted by molar-refractivity contribution is 0.0143. The van der Waals surface area contributed by atoms with Gasteiger partial charge in [-0.1, -0.05) is 23.2 Å². The highest BCUT2D eigenvalue weighted by molar-refractivity contribution is 6.33. The van der Waals surface area contributed by atoms with E-state index in [0.717, 1.165) is 26.3 Å². The number of ether oxygens (including phenoxy) is 1. The van der Waals surface area contributed by atoms with E-state index in [4.69, 9.17) is 27.9 Å². The average molecular weight is 276 g/mol. The van der Waals surface area contributed by atoms with Gasteiger partial charge < -0.3 is 9.84 Å². The Bertz CT molecular complexity index is 381. The molecule has 0 spiro atoms. The lowest BCUT2D eigenvalue weighted by atomic mass is 10.1. The molecule has 2 rings (SSSR count). The van der Waals surface area contributed by atoms with Crippen LogP contribution >= 0.6 is 23.2 Å². The number of aliphatic hydroxyl groups is 1. The maximum atomic E-state index is 10.2. The Hall–Kier alpha value is -0.320. The fourth-order valence-corrected chi connectivity index (χ4v) is 2.32. The van der Waals surface area contributed by atoms with Crippen molar-refractivity contribution in [3.05, 3.63) is 33.8 Å². The molecular weight excluding hydrogens is 261 g/mol.